The molecule has 0 amide bonds. The summed E-state index contributed by atoms with van der Waals surface area (Å²) in [6.45, 7) is 1.90. The Balaban J connectivity index is 1.67. The summed E-state index contributed by atoms with van der Waals surface area (Å²) in [5.41, 5.74) is 4.93. The summed E-state index contributed by atoms with van der Waals surface area (Å²) in [6.07, 6.45) is 5.96. The molecule has 5 heteroatoms. The third-order valence-corrected chi connectivity index (χ3v) is 4.18. The predicted molar refractivity (Wildman–Crippen MR) is 91.0 cm³/mol. The minimum Gasteiger partial charge on any atom is -0.408 e. The quantitative estimate of drug-likeness (QED) is 0.754. The first-order valence-electron chi connectivity index (χ1n) is 7.64. The first-order chi connectivity index (χ1) is 11.6. The van der Waals surface area contributed by atoms with Crippen molar-refractivity contribution < 1.29 is 8.81 Å². The van der Waals surface area contributed by atoms with E-state index in [1.807, 2.05) is 43.4 Å². The van der Waals surface area contributed by atoms with Gasteiger partial charge in [0.25, 0.3) is 0 Å². The number of aromatic amines is 1. The first kappa shape index (κ1) is 14.5. The van der Waals surface area contributed by atoms with E-state index in [2.05, 4.69) is 10.3 Å². The molecule has 0 saturated heterocycles. The Kier molecular flexibility index (Phi) is 3.34. The maximum atomic E-state index is 13.3. The lowest BCUT2D eigenvalue weighted by Crippen LogP contribution is -2.21. The smallest absolute Gasteiger partial charge is 0.408 e. The molecule has 24 heavy (non-hydrogen) atoms. The SMILES string of the molecule is Cc1cc(F)ccc1C1C=CC=C(c2ccc3[nH]c(=O)oc3c2)N1. The van der Waals surface area contributed by atoms with Crippen LogP contribution in [0.25, 0.3) is 16.8 Å². The summed E-state index contributed by atoms with van der Waals surface area (Å²) in [7, 11) is 0. The maximum absolute atomic E-state index is 13.3. The molecule has 120 valence electrons. The molecule has 2 N–H and O–H groups in total. The van der Waals surface area contributed by atoms with E-state index in [1.54, 1.807) is 6.07 Å². The third kappa shape index (κ3) is 2.54. The number of dihydropyridines is 1. The molecular weight excluding hydrogens is 307 g/mol. The van der Waals surface area contributed by atoms with Gasteiger partial charge in [0.05, 0.1) is 11.6 Å². The van der Waals surface area contributed by atoms with Crippen LogP contribution in [0.3, 0.4) is 0 Å². The van der Waals surface area contributed by atoms with Crippen molar-refractivity contribution in [2.45, 2.75) is 13.0 Å². The van der Waals surface area contributed by atoms with Gasteiger partial charge < -0.3 is 9.73 Å². The molecule has 1 aliphatic rings. The van der Waals surface area contributed by atoms with Gasteiger partial charge in [0, 0.05) is 11.3 Å². The van der Waals surface area contributed by atoms with Crippen molar-refractivity contribution >= 4 is 16.8 Å². The Morgan fingerprint density at radius 3 is 2.88 bits per heavy atom. The molecule has 4 nitrogen and oxygen atoms in total. The molecule has 2 heterocycles. The summed E-state index contributed by atoms with van der Waals surface area (Å²) in [5.74, 6) is -0.702. The van der Waals surface area contributed by atoms with E-state index in [1.165, 1.54) is 12.1 Å². The van der Waals surface area contributed by atoms with Crippen molar-refractivity contribution in [1.82, 2.24) is 10.3 Å². The molecule has 0 aliphatic carbocycles. The number of oxazole rings is 1. The number of fused-ring (bicyclic) bond motifs is 1. The minimum absolute atomic E-state index is 0.0421. The Labute approximate surface area is 137 Å². The van der Waals surface area contributed by atoms with Crippen LogP contribution in [0.1, 0.15) is 22.7 Å². The second-order valence-electron chi connectivity index (χ2n) is 5.81. The van der Waals surface area contributed by atoms with Gasteiger partial charge >= 0.3 is 5.76 Å². The number of H-pyrrole nitrogens is 1. The average molecular weight is 322 g/mol. The van der Waals surface area contributed by atoms with Crippen molar-refractivity contribution in [2.24, 2.45) is 0 Å². The lowest BCUT2D eigenvalue weighted by atomic mass is 9.97. The second kappa shape index (κ2) is 5.53. The van der Waals surface area contributed by atoms with E-state index in [4.69, 9.17) is 4.42 Å². The van der Waals surface area contributed by atoms with Crippen LogP contribution in [0, 0.1) is 12.7 Å². The molecule has 1 unspecified atom stereocenters. The van der Waals surface area contributed by atoms with Crippen molar-refractivity contribution in [1.29, 1.82) is 0 Å². The van der Waals surface area contributed by atoms with Crippen LogP contribution >= 0.6 is 0 Å². The van der Waals surface area contributed by atoms with Crippen LogP contribution in [-0.4, -0.2) is 4.98 Å². The zero-order chi connectivity index (χ0) is 16.7. The number of aromatic nitrogens is 1. The average Bonchev–Trinajstić information content (AvgIpc) is 2.94. The van der Waals surface area contributed by atoms with E-state index in [9.17, 15) is 9.18 Å². The Morgan fingerprint density at radius 1 is 1.17 bits per heavy atom. The number of hydrogen-bond acceptors (Lipinski definition) is 3. The van der Waals surface area contributed by atoms with Gasteiger partial charge in [-0.1, -0.05) is 24.3 Å². The number of aryl methyl sites for hydroxylation is 1. The lowest BCUT2D eigenvalue weighted by molar-refractivity contribution is 0.555. The first-order valence-corrected chi connectivity index (χ1v) is 7.64. The van der Waals surface area contributed by atoms with Gasteiger partial charge in [-0.3, -0.25) is 4.98 Å². The minimum atomic E-state index is -0.465. The Hall–Kier alpha value is -3.08. The number of allylic oxidation sites excluding steroid dienone is 2. The van der Waals surface area contributed by atoms with Crippen LogP contribution in [-0.2, 0) is 0 Å². The van der Waals surface area contributed by atoms with Crippen LogP contribution < -0.4 is 11.1 Å². The molecular formula is C19H15FN2O2. The van der Waals surface area contributed by atoms with Crippen LogP contribution in [0.2, 0.25) is 0 Å². The van der Waals surface area contributed by atoms with Crippen LogP contribution in [0.5, 0.6) is 0 Å². The highest BCUT2D eigenvalue weighted by Crippen LogP contribution is 2.27. The monoisotopic (exact) mass is 322 g/mol. The van der Waals surface area contributed by atoms with Crippen LogP contribution in [0.4, 0.5) is 4.39 Å². The highest BCUT2D eigenvalue weighted by Gasteiger charge is 2.16. The van der Waals surface area contributed by atoms with Gasteiger partial charge in [-0.25, -0.2) is 9.18 Å². The van der Waals surface area contributed by atoms with Gasteiger partial charge in [0.2, 0.25) is 0 Å². The Bertz CT molecular complexity index is 1040. The zero-order valence-electron chi connectivity index (χ0n) is 13.0. The summed E-state index contributed by atoms with van der Waals surface area (Å²) in [5, 5.41) is 3.44. The van der Waals surface area contributed by atoms with Crippen molar-refractivity contribution in [3.05, 3.63) is 87.7 Å². The molecule has 3 aromatic rings. The molecule has 1 aromatic heterocycles. The van der Waals surface area contributed by atoms with E-state index < -0.39 is 5.76 Å². The number of halogens is 1. The molecule has 0 radical (unpaired) electrons. The second-order valence-corrected chi connectivity index (χ2v) is 5.81. The fraction of sp³-hybridized carbons (Fsp3) is 0.105. The fourth-order valence-corrected chi connectivity index (χ4v) is 2.99. The topological polar surface area (TPSA) is 58.0 Å². The van der Waals surface area contributed by atoms with E-state index >= 15 is 0 Å². The molecule has 1 atom stereocenters. The van der Waals surface area contributed by atoms with E-state index in [0.29, 0.717) is 11.1 Å². The summed E-state index contributed by atoms with van der Waals surface area (Å²) in [4.78, 5) is 13.9. The van der Waals surface area contributed by atoms with Crippen molar-refractivity contribution in [2.75, 3.05) is 0 Å². The number of rotatable bonds is 2. The van der Waals surface area contributed by atoms with Gasteiger partial charge in [-0.2, -0.15) is 0 Å². The fourth-order valence-electron chi connectivity index (χ4n) is 2.99. The van der Waals surface area contributed by atoms with Gasteiger partial charge in [-0.05, 0) is 48.4 Å². The molecule has 0 fully saturated rings. The lowest BCUT2D eigenvalue weighted by Gasteiger charge is -2.23. The number of nitrogens with one attached hydrogen (secondary N) is 2. The highest BCUT2D eigenvalue weighted by atomic mass is 19.1. The maximum Gasteiger partial charge on any atom is 0.417 e. The predicted octanol–water partition coefficient (Wildman–Crippen LogP) is 3.81. The molecule has 0 spiro atoms. The molecule has 0 bridgehead atoms. The largest absolute Gasteiger partial charge is 0.417 e. The molecule has 1 aliphatic heterocycles. The van der Waals surface area contributed by atoms with Gasteiger partial charge in [0.15, 0.2) is 5.58 Å². The van der Waals surface area contributed by atoms with Crippen molar-refractivity contribution in [3.8, 4) is 0 Å². The van der Waals surface area contributed by atoms with Crippen LogP contribution in [0.15, 0.2) is 63.8 Å². The highest BCUT2D eigenvalue weighted by molar-refractivity contribution is 5.79. The number of benzene rings is 2. The summed E-state index contributed by atoms with van der Waals surface area (Å²) < 4.78 is 18.4. The van der Waals surface area contributed by atoms with Gasteiger partial charge in [-0.15, -0.1) is 0 Å². The molecule has 0 saturated carbocycles. The number of hydrogen-bond donors (Lipinski definition) is 2. The standard InChI is InChI=1S/C19H15FN2O2/c1-11-9-13(20)6-7-14(11)16-4-2-3-15(21-16)12-5-8-17-18(10-12)24-19(23)22-17/h2-10,16,21H,1H3,(H,22,23). The van der Waals surface area contributed by atoms with Crippen molar-refractivity contribution in [3.63, 3.8) is 0 Å². The molecule has 4 rings (SSSR count). The summed E-state index contributed by atoms with van der Waals surface area (Å²) in [6, 6.07) is 10.3. The molecule has 2 aromatic carbocycles. The van der Waals surface area contributed by atoms with E-state index in [-0.39, 0.29) is 11.9 Å². The van der Waals surface area contributed by atoms with Gasteiger partial charge in [0.1, 0.15) is 5.82 Å². The normalized spacial score (nSPS) is 16.9. The summed E-state index contributed by atoms with van der Waals surface area (Å²) >= 11 is 0. The Morgan fingerprint density at radius 2 is 2.04 bits per heavy atom. The zero-order valence-corrected chi connectivity index (χ0v) is 13.0. The third-order valence-electron chi connectivity index (χ3n) is 4.18. The van der Waals surface area contributed by atoms with E-state index in [0.717, 1.165) is 22.4 Å².